The van der Waals surface area contributed by atoms with Crippen LogP contribution in [0.2, 0.25) is 0 Å². The second kappa shape index (κ2) is 6.74. The van der Waals surface area contributed by atoms with Crippen molar-refractivity contribution in [3.8, 4) is 0 Å². The monoisotopic (exact) mass is 293 g/mol. The first-order valence-electron chi connectivity index (χ1n) is 7.48. The fraction of sp³-hybridized carbons (Fsp3) is 0.667. The van der Waals surface area contributed by atoms with Crippen LogP contribution in [0.4, 0.5) is 0 Å². The number of imidazole rings is 1. The van der Waals surface area contributed by atoms with Crippen LogP contribution in [0.3, 0.4) is 0 Å². The van der Waals surface area contributed by atoms with Gasteiger partial charge in [-0.05, 0) is 31.6 Å². The van der Waals surface area contributed by atoms with Crippen molar-refractivity contribution in [1.29, 1.82) is 0 Å². The number of carbonyl (C=O) groups excluding carboxylic acids is 1. The maximum atomic E-state index is 11.9. The van der Waals surface area contributed by atoms with E-state index < -0.39 is 11.4 Å². The highest BCUT2D eigenvalue weighted by atomic mass is 16.4. The number of amides is 1. The van der Waals surface area contributed by atoms with Crippen LogP contribution in [0.1, 0.15) is 39.0 Å². The number of carboxylic acids is 1. The van der Waals surface area contributed by atoms with E-state index in [0.717, 1.165) is 12.8 Å². The minimum atomic E-state index is -0.788. The minimum absolute atomic E-state index is 0.108. The second-order valence-corrected chi connectivity index (χ2v) is 6.10. The molecule has 1 aliphatic rings. The van der Waals surface area contributed by atoms with Gasteiger partial charge in [0.15, 0.2) is 0 Å². The molecule has 2 N–H and O–H groups in total. The molecule has 0 spiro atoms. The van der Waals surface area contributed by atoms with E-state index in [1.165, 1.54) is 0 Å². The minimum Gasteiger partial charge on any atom is -0.481 e. The molecule has 116 valence electrons. The van der Waals surface area contributed by atoms with E-state index in [2.05, 4.69) is 17.2 Å². The molecule has 2 rings (SSSR count). The van der Waals surface area contributed by atoms with Gasteiger partial charge in [0.1, 0.15) is 0 Å². The number of aryl methyl sites for hydroxylation is 1. The molecular weight excluding hydrogens is 270 g/mol. The smallest absolute Gasteiger partial charge is 0.311 e. The first kappa shape index (κ1) is 15.5. The third kappa shape index (κ3) is 4.06. The molecule has 6 heteroatoms. The van der Waals surface area contributed by atoms with E-state index in [-0.39, 0.29) is 12.5 Å². The van der Waals surface area contributed by atoms with Crippen LogP contribution in [-0.4, -0.2) is 33.1 Å². The quantitative estimate of drug-likeness (QED) is 0.835. The molecule has 1 aromatic rings. The molecule has 0 aromatic carbocycles. The van der Waals surface area contributed by atoms with Crippen LogP contribution in [0, 0.1) is 11.3 Å². The summed E-state index contributed by atoms with van der Waals surface area (Å²) in [5.41, 5.74) is -0.781. The van der Waals surface area contributed by atoms with E-state index >= 15 is 0 Å². The zero-order valence-corrected chi connectivity index (χ0v) is 12.4. The van der Waals surface area contributed by atoms with Crippen molar-refractivity contribution in [1.82, 2.24) is 14.9 Å². The Morgan fingerprint density at radius 2 is 2.14 bits per heavy atom. The normalized spacial score (nSPS) is 25.5. The molecule has 0 atom stereocenters. The Morgan fingerprint density at radius 3 is 2.71 bits per heavy atom. The van der Waals surface area contributed by atoms with Crippen molar-refractivity contribution in [2.24, 2.45) is 11.3 Å². The summed E-state index contributed by atoms with van der Waals surface area (Å²) in [6.07, 6.45) is 8.58. The van der Waals surface area contributed by atoms with Gasteiger partial charge < -0.3 is 15.0 Å². The molecule has 1 aliphatic carbocycles. The van der Waals surface area contributed by atoms with Gasteiger partial charge in [-0.1, -0.05) is 6.92 Å². The number of aromatic nitrogens is 2. The number of nitrogens with zero attached hydrogens (tertiary/aromatic N) is 2. The van der Waals surface area contributed by atoms with Crippen molar-refractivity contribution in [3.05, 3.63) is 18.7 Å². The lowest BCUT2D eigenvalue weighted by molar-refractivity contribution is -0.151. The van der Waals surface area contributed by atoms with Crippen LogP contribution in [0.25, 0.3) is 0 Å². The fourth-order valence-electron chi connectivity index (χ4n) is 2.79. The Kier molecular flexibility index (Phi) is 4.98. The Bertz CT molecular complexity index is 476. The maximum absolute atomic E-state index is 11.9. The van der Waals surface area contributed by atoms with Gasteiger partial charge in [-0.15, -0.1) is 0 Å². The van der Waals surface area contributed by atoms with Crippen molar-refractivity contribution in [2.75, 3.05) is 6.54 Å². The van der Waals surface area contributed by atoms with Crippen LogP contribution in [0.5, 0.6) is 0 Å². The Morgan fingerprint density at radius 1 is 1.43 bits per heavy atom. The van der Waals surface area contributed by atoms with E-state index in [1.54, 1.807) is 18.7 Å². The topological polar surface area (TPSA) is 84.2 Å². The molecule has 0 radical (unpaired) electrons. The van der Waals surface area contributed by atoms with Gasteiger partial charge in [-0.2, -0.15) is 0 Å². The summed E-state index contributed by atoms with van der Waals surface area (Å²) in [5.74, 6) is -0.318. The maximum Gasteiger partial charge on any atom is 0.311 e. The van der Waals surface area contributed by atoms with E-state index in [1.807, 2.05) is 4.57 Å². The number of hydrogen-bond acceptors (Lipinski definition) is 3. The summed E-state index contributed by atoms with van der Waals surface area (Å²) in [7, 11) is 0. The summed E-state index contributed by atoms with van der Waals surface area (Å²) in [5, 5.41) is 12.3. The Balaban J connectivity index is 1.81. The summed E-state index contributed by atoms with van der Waals surface area (Å²) in [6.45, 7) is 2.94. The van der Waals surface area contributed by atoms with Crippen LogP contribution in [-0.2, 0) is 16.1 Å². The van der Waals surface area contributed by atoms with Crippen LogP contribution < -0.4 is 5.32 Å². The summed E-state index contributed by atoms with van der Waals surface area (Å²) in [4.78, 5) is 27.4. The molecule has 0 saturated heterocycles. The van der Waals surface area contributed by atoms with Gasteiger partial charge in [0.05, 0.1) is 11.7 Å². The van der Waals surface area contributed by atoms with E-state index in [4.69, 9.17) is 0 Å². The highest BCUT2D eigenvalue weighted by molar-refractivity contribution is 5.79. The SMILES string of the molecule is CC1CCC(CNC(=O)CCn2ccnc2)(C(=O)O)CC1. The predicted octanol–water partition coefficient (Wildman–Crippen LogP) is 1.67. The Labute approximate surface area is 124 Å². The average Bonchev–Trinajstić information content (AvgIpc) is 2.98. The fourth-order valence-corrected chi connectivity index (χ4v) is 2.79. The first-order chi connectivity index (χ1) is 10.0. The molecule has 1 amide bonds. The van der Waals surface area contributed by atoms with Crippen LogP contribution in [0.15, 0.2) is 18.7 Å². The standard InChI is InChI=1S/C15H23N3O3/c1-12-2-5-15(6-3-12,14(20)21)10-17-13(19)4-8-18-9-7-16-11-18/h7,9,11-12H,2-6,8,10H2,1H3,(H,17,19)(H,20,21). The lowest BCUT2D eigenvalue weighted by Crippen LogP contribution is -2.45. The number of rotatable bonds is 6. The van der Waals surface area contributed by atoms with Gasteiger partial charge in [0, 0.05) is 31.9 Å². The highest BCUT2D eigenvalue weighted by Crippen LogP contribution is 2.38. The van der Waals surface area contributed by atoms with Crippen molar-refractivity contribution >= 4 is 11.9 Å². The molecule has 1 aromatic heterocycles. The summed E-state index contributed by atoms with van der Waals surface area (Å²) >= 11 is 0. The van der Waals surface area contributed by atoms with Crippen molar-refractivity contribution in [3.63, 3.8) is 0 Å². The van der Waals surface area contributed by atoms with E-state index in [9.17, 15) is 14.7 Å². The second-order valence-electron chi connectivity index (χ2n) is 6.10. The lowest BCUT2D eigenvalue weighted by Gasteiger charge is -2.35. The highest BCUT2D eigenvalue weighted by Gasteiger charge is 2.41. The molecule has 6 nitrogen and oxygen atoms in total. The van der Waals surface area contributed by atoms with Gasteiger partial charge >= 0.3 is 5.97 Å². The van der Waals surface area contributed by atoms with Gasteiger partial charge in [0.25, 0.3) is 0 Å². The number of hydrogen-bond donors (Lipinski definition) is 2. The molecular formula is C15H23N3O3. The summed E-state index contributed by atoms with van der Waals surface area (Å²) in [6, 6.07) is 0. The average molecular weight is 293 g/mol. The third-order valence-corrected chi connectivity index (χ3v) is 4.47. The molecule has 0 unspecified atom stereocenters. The molecule has 0 aliphatic heterocycles. The first-order valence-corrected chi connectivity index (χ1v) is 7.48. The van der Waals surface area contributed by atoms with Crippen molar-refractivity contribution in [2.45, 2.75) is 45.6 Å². The molecule has 0 bridgehead atoms. The molecule has 1 saturated carbocycles. The largest absolute Gasteiger partial charge is 0.481 e. The van der Waals surface area contributed by atoms with E-state index in [0.29, 0.717) is 31.7 Å². The zero-order valence-electron chi connectivity index (χ0n) is 12.4. The number of carbonyl (C=O) groups is 2. The van der Waals surface area contributed by atoms with Gasteiger partial charge in [-0.3, -0.25) is 9.59 Å². The summed E-state index contributed by atoms with van der Waals surface area (Å²) < 4.78 is 1.83. The van der Waals surface area contributed by atoms with Gasteiger partial charge in [-0.25, -0.2) is 4.98 Å². The molecule has 1 heterocycles. The zero-order chi connectivity index (χ0) is 15.3. The lowest BCUT2D eigenvalue weighted by atomic mass is 9.71. The van der Waals surface area contributed by atoms with Crippen molar-refractivity contribution < 1.29 is 14.7 Å². The van der Waals surface area contributed by atoms with Crippen LogP contribution >= 0.6 is 0 Å². The predicted molar refractivity (Wildman–Crippen MR) is 77.6 cm³/mol. The Hall–Kier alpha value is -1.85. The molecule has 21 heavy (non-hydrogen) atoms. The van der Waals surface area contributed by atoms with Gasteiger partial charge in [0.2, 0.25) is 5.91 Å². The third-order valence-electron chi connectivity index (χ3n) is 4.47. The number of nitrogens with one attached hydrogen (secondary N) is 1. The molecule has 1 fully saturated rings. The number of carboxylic acid groups (broad SMARTS) is 1. The number of aliphatic carboxylic acids is 1.